The topological polar surface area (TPSA) is 67.3 Å². The molecule has 1 aromatic carbocycles. The first kappa shape index (κ1) is 14.8. The van der Waals surface area contributed by atoms with Gasteiger partial charge in [-0.1, -0.05) is 43.2 Å². The van der Waals surface area contributed by atoms with Gasteiger partial charge in [-0.15, -0.1) is 0 Å². The van der Waals surface area contributed by atoms with Crippen LogP contribution >= 0.6 is 0 Å². The molecule has 5 nitrogen and oxygen atoms in total. The number of hydrogen-bond donors (Lipinski definition) is 2. The third kappa shape index (κ3) is 3.95. The Morgan fingerprint density at radius 1 is 1.14 bits per heavy atom. The van der Waals surface area contributed by atoms with Crippen molar-refractivity contribution in [2.24, 2.45) is 0 Å². The molecule has 2 atom stereocenters. The van der Waals surface area contributed by atoms with E-state index < -0.39 is 0 Å². The van der Waals surface area contributed by atoms with Gasteiger partial charge in [0.15, 0.2) is 0 Å². The van der Waals surface area contributed by atoms with Gasteiger partial charge in [0.25, 0.3) is 0 Å². The van der Waals surface area contributed by atoms with E-state index in [1.165, 1.54) is 0 Å². The summed E-state index contributed by atoms with van der Waals surface area (Å²) < 4.78 is 5.70. The number of nitrogens with one attached hydrogen (secondary N) is 1. The zero-order valence-corrected chi connectivity index (χ0v) is 12.5. The number of aliphatic hydroxyl groups excluding tert-OH is 1. The first-order valence-electron chi connectivity index (χ1n) is 7.75. The largest absolute Gasteiger partial charge is 0.473 e. The van der Waals surface area contributed by atoms with Crippen LogP contribution in [0.4, 0.5) is 5.95 Å². The van der Waals surface area contributed by atoms with Crippen LogP contribution in [0.5, 0.6) is 5.88 Å². The van der Waals surface area contributed by atoms with E-state index >= 15 is 0 Å². The predicted molar refractivity (Wildman–Crippen MR) is 84.7 cm³/mol. The maximum absolute atomic E-state index is 10.0. The molecule has 22 heavy (non-hydrogen) atoms. The summed E-state index contributed by atoms with van der Waals surface area (Å²) in [4.78, 5) is 8.57. The molecule has 0 amide bonds. The van der Waals surface area contributed by atoms with Crippen molar-refractivity contribution in [3.8, 4) is 5.88 Å². The zero-order valence-electron chi connectivity index (χ0n) is 12.5. The highest BCUT2D eigenvalue weighted by Crippen LogP contribution is 2.21. The van der Waals surface area contributed by atoms with E-state index in [-0.39, 0.29) is 12.1 Å². The molecule has 0 aliphatic heterocycles. The van der Waals surface area contributed by atoms with Crippen LogP contribution in [0.3, 0.4) is 0 Å². The second-order valence-electron chi connectivity index (χ2n) is 5.60. The molecule has 1 aromatic heterocycles. The van der Waals surface area contributed by atoms with Gasteiger partial charge in [-0.2, -0.15) is 4.98 Å². The predicted octanol–water partition coefficient (Wildman–Crippen LogP) is 2.77. The number of rotatable bonds is 5. The van der Waals surface area contributed by atoms with Crippen molar-refractivity contribution in [1.29, 1.82) is 0 Å². The van der Waals surface area contributed by atoms with Gasteiger partial charge in [-0.3, -0.25) is 0 Å². The second kappa shape index (κ2) is 7.22. The Balaban J connectivity index is 1.60. The van der Waals surface area contributed by atoms with E-state index in [1.807, 2.05) is 30.3 Å². The van der Waals surface area contributed by atoms with Crippen LogP contribution in [-0.4, -0.2) is 27.2 Å². The third-order valence-electron chi connectivity index (χ3n) is 3.90. The Hall–Kier alpha value is -2.14. The molecule has 5 heteroatoms. The molecule has 0 radical (unpaired) electrons. The number of ether oxygens (including phenoxy) is 1. The van der Waals surface area contributed by atoms with Crippen LogP contribution in [0.1, 0.15) is 31.2 Å². The lowest BCUT2D eigenvalue weighted by Gasteiger charge is -2.28. The molecule has 1 fully saturated rings. The smallest absolute Gasteiger partial charge is 0.226 e. The number of nitrogens with zero attached hydrogens (tertiary/aromatic N) is 2. The van der Waals surface area contributed by atoms with E-state index in [1.54, 1.807) is 12.3 Å². The fraction of sp³-hybridized carbons (Fsp3) is 0.412. The Morgan fingerprint density at radius 2 is 1.95 bits per heavy atom. The Bertz CT molecular complexity index is 591. The Kier molecular flexibility index (Phi) is 4.85. The summed E-state index contributed by atoms with van der Waals surface area (Å²) in [6.07, 6.45) is 5.33. The zero-order chi connectivity index (χ0) is 15.2. The van der Waals surface area contributed by atoms with Crippen LogP contribution in [0, 0.1) is 0 Å². The van der Waals surface area contributed by atoms with Crippen molar-refractivity contribution in [3.63, 3.8) is 0 Å². The standard InChI is InChI=1S/C17H21N3O2/c21-15-9-5-4-8-14(15)19-17-18-11-10-16(20-17)22-12-13-6-2-1-3-7-13/h1-3,6-7,10-11,14-15,21H,4-5,8-9,12H2,(H,18,19,20)/t14-,15-/m0/s1. The molecule has 1 aliphatic carbocycles. The molecule has 1 saturated carbocycles. The molecule has 1 aliphatic rings. The highest BCUT2D eigenvalue weighted by Gasteiger charge is 2.23. The lowest BCUT2D eigenvalue weighted by atomic mass is 9.93. The minimum absolute atomic E-state index is 0.0260. The molecule has 3 rings (SSSR count). The fourth-order valence-electron chi connectivity index (χ4n) is 2.67. The molecule has 0 bridgehead atoms. The minimum atomic E-state index is -0.328. The number of hydrogen-bond acceptors (Lipinski definition) is 5. The SMILES string of the molecule is O[C@H]1CCCC[C@@H]1Nc1nccc(OCc2ccccc2)n1. The van der Waals surface area contributed by atoms with E-state index in [2.05, 4.69) is 15.3 Å². The lowest BCUT2D eigenvalue weighted by Crippen LogP contribution is -2.36. The normalized spacial score (nSPS) is 21.3. The van der Waals surface area contributed by atoms with Crippen molar-refractivity contribution >= 4 is 5.95 Å². The van der Waals surface area contributed by atoms with Gasteiger partial charge in [0.2, 0.25) is 11.8 Å². The van der Waals surface area contributed by atoms with Crippen LogP contribution in [0.2, 0.25) is 0 Å². The first-order valence-corrected chi connectivity index (χ1v) is 7.75. The van der Waals surface area contributed by atoms with E-state index in [9.17, 15) is 5.11 Å². The van der Waals surface area contributed by atoms with Gasteiger partial charge >= 0.3 is 0 Å². The first-order chi connectivity index (χ1) is 10.8. The third-order valence-corrected chi connectivity index (χ3v) is 3.90. The van der Waals surface area contributed by atoms with E-state index in [0.717, 1.165) is 31.2 Å². The van der Waals surface area contributed by atoms with Crippen LogP contribution < -0.4 is 10.1 Å². The molecule has 116 valence electrons. The highest BCUT2D eigenvalue weighted by molar-refractivity contribution is 5.29. The van der Waals surface area contributed by atoms with Gasteiger partial charge in [0, 0.05) is 12.3 Å². The van der Waals surface area contributed by atoms with E-state index in [4.69, 9.17) is 4.74 Å². The maximum Gasteiger partial charge on any atom is 0.226 e. The molecule has 0 spiro atoms. The van der Waals surface area contributed by atoms with Crippen LogP contribution in [-0.2, 0) is 6.61 Å². The van der Waals surface area contributed by atoms with Gasteiger partial charge in [0.1, 0.15) is 6.61 Å². The molecule has 0 unspecified atom stereocenters. The minimum Gasteiger partial charge on any atom is -0.473 e. The Morgan fingerprint density at radius 3 is 2.77 bits per heavy atom. The van der Waals surface area contributed by atoms with Crippen molar-refractivity contribution in [2.75, 3.05) is 5.32 Å². The molecular formula is C17H21N3O2. The second-order valence-corrected chi connectivity index (χ2v) is 5.60. The van der Waals surface area contributed by atoms with Crippen molar-refractivity contribution in [3.05, 3.63) is 48.2 Å². The average molecular weight is 299 g/mol. The van der Waals surface area contributed by atoms with Crippen molar-refractivity contribution in [2.45, 2.75) is 44.4 Å². The average Bonchev–Trinajstić information content (AvgIpc) is 2.57. The number of benzene rings is 1. The summed E-state index contributed by atoms with van der Waals surface area (Å²) in [6, 6.07) is 11.7. The number of aromatic nitrogens is 2. The number of anilines is 1. The molecule has 2 aromatic rings. The maximum atomic E-state index is 10.0. The van der Waals surface area contributed by atoms with E-state index in [0.29, 0.717) is 18.4 Å². The molecule has 1 heterocycles. The summed E-state index contributed by atoms with van der Waals surface area (Å²) >= 11 is 0. The van der Waals surface area contributed by atoms with Crippen LogP contribution in [0.15, 0.2) is 42.6 Å². The fourth-order valence-corrected chi connectivity index (χ4v) is 2.67. The highest BCUT2D eigenvalue weighted by atomic mass is 16.5. The molecule has 0 saturated heterocycles. The van der Waals surface area contributed by atoms with Gasteiger partial charge in [-0.05, 0) is 18.4 Å². The summed E-state index contributed by atoms with van der Waals surface area (Å²) in [6.45, 7) is 0.476. The summed E-state index contributed by atoms with van der Waals surface area (Å²) in [7, 11) is 0. The van der Waals surface area contributed by atoms with Gasteiger partial charge < -0.3 is 15.2 Å². The van der Waals surface area contributed by atoms with Crippen molar-refractivity contribution in [1.82, 2.24) is 9.97 Å². The molecule has 2 N–H and O–H groups in total. The van der Waals surface area contributed by atoms with Gasteiger partial charge in [-0.25, -0.2) is 4.98 Å². The van der Waals surface area contributed by atoms with Crippen LogP contribution in [0.25, 0.3) is 0 Å². The van der Waals surface area contributed by atoms with Gasteiger partial charge in [0.05, 0.1) is 12.1 Å². The quantitative estimate of drug-likeness (QED) is 0.888. The molecular weight excluding hydrogens is 278 g/mol. The summed E-state index contributed by atoms with van der Waals surface area (Å²) in [5.74, 6) is 1.04. The monoisotopic (exact) mass is 299 g/mol. The number of aliphatic hydroxyl groups is 1. The Labute approximate surface area is 130 Å². The summed E-state index contributed by atoms with van der Waals surface area (Å²) in [5, 5.41) is 13.2. The summed E-state index contributed by atoms with van der Waals surface area (Å²) in [5.41, 5.74) is 1.10. The van der Waals surface area contributed by atoms with Crippen molar-refractivity contribution < 1.29 is 9.84 Å². The lowest BCUT2D eigenvalue weighted by molar-refractivity contribution is 0.116.